The fourth-order valence-electron chi connectivity index (χ4n) is 2.93. The second-order valence-corrected chi connectivity index (χ2v) is 6.31. The first-order valence-electron chi connectivity index (χ1n) is 8.13. The topological polar surface area (TPSA) is 24.5 Å². The quantitative estimate of drug-likeness (QED) is 0.686. The Hall–Kier alpha value is -0.120. The number of hydrogen-bond donors (Lipinski definition) is 1. The van der Waals surface area contributed by atoms with Crippen LogP contribution in [-0.2, 0) is 4.74 Å². The maximum atomic E-state index is 5.74. The summed E-state index contributed by atoms with van der Waals surface area (Å²) < 4.78 is 5.74. The summed E-state index contributed by atoms with van der Waals surface area (Å²) in [7, 11) is 0. The van der Waals surface area contributed by atoms with Gasteiger partial charge in [-0.1, -0.05) is 20.8 Å². The molecule has 2 atom stereocenters. The Bertz CT molecular complexity index is 241. The molecule has 1 rings (SSSR count). The highest BCUT2D eigenvalue weighted by Gasteiger charge is 2.32. The van der Waals surface area contributed by atoms with Crippen molar-refractivity contribution in [1.29, 1.82) is 0 Å². The number of nitrogens with one attached hydrogen (secondary N) is 1. The number of ether oxygens (including phenoxy) is 1. The minimum Gasteiger partial charge on any atom is -0.376 e. The summed E-state index contributed by atoms with van der Waals surface area (Å²) in [6.45, 7) is 16.8. The number of nitrogens with zero attached hydrogens (tertiary/aromatic N) is 1. The summed E-state index contributed by atoms with van der Waals surface area (Å²) in [5.41, 5.74) is 0.417. The molecule has 0 spiro atoms. The molecule has 0 bridgehead atoms. The van der Waals surface area contributed by atoms with Crippen LogP contribution >= 0.6 is 0 Å². The molecular weight excluding hydrogens is 236 g/mol. The molecule has 1 saturated heterocycles. The van der Waals surface area contributed by atoms with E-state index in [9.17, 15) is 0 Å². The van der Waals surface area contributed by atoms with Crippen LogP contribution in [0.3, 0.4) is 0 Å². The van der Waals surface area contributed by atoms with E-state index in [0.29, 0.717) is 17.6 Å². The van der Waals surface area contributed by atoms with Crippen LogP contribution in [0.2, 0.25) is 0 Å². The lowest BCUT2D eigenvalue weighted by atomic mass is 9.81. The largest absolute Gasteiger partial charge is 0.376 e. The van der Waals surface area contributed by atoms with E-state index in [4.69, 9.17) is 4.74 Å². The van der Waals surface area contributed by atoms with Crippen molar-refractivity contribution in [3.05, 3.63) is 0 Å². The fourth-order valence-corrected chi connectivity index (χ4v) is 2.93. The van der Waals surface area contributed by atoms with Crippen LogP contribution in [0.4, 0.5) is 0 Å². The zero-order valence-corrected chi connectivity index (χ0v) is 13.7. The van der Waals surface area contributed by atoms with E-state index in [1.807, 2.05) is 0 Å². The zero-order valence-electron chi connectivity index (χ0n) is 13.7. The molecular formula is C16H34N2O. The van der Waals surface area contributed by atoms with E-state index in [-0.39, 0.29) is 0 Å². The maximum Gasteiger partial charge on any atom is 0.0674 e. The predicted octanol–water partition coefficient (Wildman–Crippen LogP) is 2.90. The molecule has 0 aromatic carbocycles. The Labute approximate surface area is 120 Å². The Kier molecular flexibility index (Phi) is 7.33. The standard InChI is InChI=1S/C16H34N2O/c1-6-9-17-12-16(7-2,8-3)13-18-10-15(5)19-11-14(18)4/h14-15,17H,6-13H2,1-5H3. The van der Waals surface area contributed by atoms with E-state index < -0.39 is 0 Å². The normalized spacial score (nSPS) is 25.7. The first kappa shape index (κ1) is 16.9. The summed E-state index contributed by atoms with van der Waals surface area (Å²) in [5.74, 6) is 0. The first-order valence-corrected chi connectivity index (χ1v) is 8.13. The van der Waals surface area contributed by atoms with Gasteiger partial charge < -0.3 is 10.1 Å². The summed E-state index contributed by atoms with van der Waals surface area (Å²) in [6.07, 6.45) is 4.09. The van der Waals surface area contributed by atoms with Gasteiger partial charge in [0.1, 0.15) is 0 Å². The van der Waals surface area contributed by atoms with Crippen LogP contribution in [0.25, 0.3) is 0 Å². The summed E-state index contributed by atoms with van der Waals surface area (Å²) in [5, 5.41) is 3.64. The highest BCUT2D eigenvalue weighted by Crippen LogP contribution is 2.29. The van der Waals surface area contributed by atoms with Gasteiger partial charge in [0.25, 0.3) is 0 Å². The monoisotopic (exact) mass is 270 g/mol. The van der Waals surface area contributed by atoms with Gasteiger partial charge in [-0.2, -0.15) is 0 Å². The van der Waals surface area contributed by atoms with Crippen molar-refractivity contribution < 1.29 is 4.74 Å². The van der Waals surface area contributed by atoms with Crippen LogP contribution in [0, 0.1) is 5.41 Å². The average Bonchev–Trinajstić information content (AvgIpc) is 2.42. The predicted molar refractivity (Wildman–Crippen MR) is 82.6 cm³/mol. The molecule has 3 heteroatoms. The molecule has 1 heterocycles. The van der Waals surface area contributed by atoms with Crippen LogP contribution in [0.1, 0.15) is 53.9 Å². The Morgan fingerprint density at radius 3 is 2.47 bits per heavy atom. The van der Waals surface area contributed by atoms with Gasteiger partial charge in [-0.3, -0.25) is 4.90 Å². The van der Waals surface area contributed by atoms with Crippen molar-refractivity contribution in [2.45, 2.75) is 66.0 Å². The molecule has 0 radical (unpaired) electrons. The van der Waals surface area contributed by atoms with Gasteiger partial charge in [-0.05, 0) is 45.1 Å². The molecule has 1 N–H and O–H groups in total. The van der Waals surface area contributed by atoms with Gasteiger partial charge in [0.05, 0.1) is 12.7 Å². The number of hydrogen-bond acceptors (Lipinski definition) is 3. The lowest BCUT2D eigenvalue weighted by Crippen LogP contribution is -2.53. The minimum absolute atomic E-state index is 0.381. The van der Waals surface area contributed by atoms with Crippen molar-refractivity contribution in [3.63, 3.8) is 0 Å². The lowest BCUT2D eigenvalue weighted by molar-refractivity contribution is -0.0640. The summed E-state index contributed by atoms with van der Waals surface area (Å²) in [4.78, 5) is 2.63. The minimum atomic E-state index is 0.381. The van der Waals surface area contributed by atoms with Gasteiger partial charge >= 0.3 is 0 Å². The molecule has 19 heavy (non-hydrogen) atoms. The van der Waals surface area contributed by atoms with E-state index in [0.717, 1.165) is 26.2 Å². The highest BCUT2D eigenvalue weighted by molar-refractivity contribution is 4.86. The third-order valence-electron chi connectivity index (χ3n) is 4.70. The molecule has 1 aliphatic heterocycles. The van der Waals surface area contributed by atoms with Crippen molar-refractivity contribution in [2.24, 2.45) is 5.41 Å². The van der Waals surface area contributed by atoms with E-state index >= 15 is 0 Å². The summed E-state index contributed by atoms with van der Waals surface area (Å²) in [6, 6.07) is 0.555. The van der Waals surface area contributed by atoms with Crippen LogP contribution < -0.4 is 5.32 Å². The molecule has 0 saturated carbocycles. The third kappa shape index (κ3) is 5.05. The molecule has 0 aromatic heterocycles. The van der Waals surface area contributed by atoms with E-state index in [1.165, 1.54) is 25.8 Å². The van der Waals surface area contributed by atoms with Gasteiger partial charge in [0.2, 0.25) is 0 Å². The van der Waals surface area contributed by atoms with Crippen molar-refractivity contribution in [1.82, 2.24) is 10.2 Å². The molecule has 0 aliphatic carbocycles. The summed E-state index contributed by atoms with van der Waals surface area (Å²) >= 11 is 0. The van der Waals surface area contributed by atoms with Crippen molar-refractivity contribution in [2.75, 3.05) is 32.8 Å². The smallest absolute Gasteiger partial charge is 0.0674 e. The Balaban J connectivity index is 2.59. The Morgan fingerprint density at radius 2 is 1.89 bits per heavy atom. The SMILES string of the molecule is CCCNCC(CC)(CC)CN1CC(C)OCC1C. The van der Waals surface area contributed by atoms with E-state index in [1.54, 1.807) is 0 Å². The molecule has 0 aromatic rings. The molecule has 3 nitrogen and oxygen atoms in total. The molecule has 114 valence electrons. The molecule has 2 unspecified atom stereocenters. The first-order chi connectivity index (χ1) is 9.06. The molecule has 1 fully saturated rings. The van der Waals surface area contributed by atoms with E-state index in [2.05, 4.69) is 44.8 Å². The zero-order chi connectivity index (χ0) is 14.3. The van der Waals surface area contributed by atoms with Crippen LogP contribution in [0.15, 0.2) is 0 Å². The molecule has 1 aliphatic rings. The lowest BCUT2D eigenvalue weighted by Gasteiger charge is -2.43. The molecule has 0 amide bonds. The van der Waals surface area contributed by atoms with Crippen molar-refractivity contribution >= 4 is 0 Å². The number of rotatable bonds is 8. The Morgan fingerprint density at radius 1 is 1.21 bits per heavy atom. The second kappa shape index (κ2) is 8.23. The maximum absolute atomic E-state index is 5.74. The van der Waals surface area contributed by atoms with Gasteiger partial charge in [-0.15, -0.1) is 0 Å². The average molecular weight is 270 g/mol. The van der Waals surface area contributed by atoms with Gasteiger partial charge in [-0.25, -0.2) is 0 Å². The van der Waals surface area contributed by atoms with Gasteiger partial charge in [0.15, 0.2) is 0 Å². The highest BCUT2D eigenvalue weighted by atomic mass is 16.5. The van der Waals surface area contributed by atoms with Crippen LogP contribution in [-0.4, -0.2) is 49.8 Å². The second-order valence-electron chi connectivity index (χ2n) is 6.31. The third-order valence-corrected chi connectivity index (χ3v) is 4.70. The fraction of sp³-hybridized carbons (Fsp3) is 1.00. The van der Waals surface area contributed by atoms with Gasteiger partial charge in [0, 0.05) is 25.7 Å². The van der Waals surface area contributed by atoms with Crippen LogP contribution in [0.5, 0.6) is 0 Å². The van der Waals surface area contributed by atoms with Crippen molar-refractivity contribution in [3.8, 4) is 0 Å². The number of morpholine rings is 1.